The normalized spacial score (nSPS) is 14.1. The summed E-state index contributed by atoms with van der Waals surface area (Å²) in [6, 6.07) is 10.8. The molecule has 14 nitrogen and oxygen atoms in total. The highest BCUT2D eigenvalue weighted by molar-refractivity contribution is 5.97. The van der Waals surface area contributed by atoms with Gasteiger partial charge in [0.05, 0.1) is 45.7 Å². The Morgan fingerprint density at radius 1 is 0.939 bits per heavy atom. The Labute approximate surface area is 283 Å². The predicted octanol–water partition coefficient (Wildman–Crippen LogP) is 4.52. The fraction of sp³-hybridized carbons (Fsp3) is 0.371. The zero-order chi connectivity index (χ0) is 35.2. The minimum Gasteiger partial charge on any atom is -0.496 e. The number of nitrogens with one attached hydrogen (secondary N) is 4. The summed E-state index contributed by atoms with van der Waals surface area (Å²) < 4.78 is 22.6. The highest BCUT2D eigenvalue weighted by Crippen LogP contribution is 2.50. The van der Waals surface area contributed by atoms with E-state index in [0.717, 1.165) is 11.1 Å². The lowest BCUT2D eigenvalue weighted by Crippen LogP contribution is -2.37. The third-order valence-corrected chi connectivity index (χ3v) is 8.32. The number of fused-ring (bicyclic) bond motifs is 3. The van der Waals surface area contributed by atoms with Crippen molar-refractivity contribution in [3.8, 4) is 45.5 Å². The Balaban J connectivity index is 1.57. The maximum absolute atomic E-state index is 14.0. The maximum atomic E-state index is 14.0. The van der Waals surface area contributed by atoms with Gasteiger partial charge in [-0.1, -0.05) is 19.9 Å². The third kappa shape index (κ3) is 7.42. The molecule has 0 bridgehead atoms. The Hall–Kier alpha value is -5.66. The molecule has 1 heterocycles. The van der Waals surface area contributed by atoms with E-state index in [2.05, 4.69) is 36.6 Å². The molecule has 0 saturated carbocycles. The van der Waals surface area contributed by atoms with E-state index in [9.17, 15) is 14.4 Å². The van der Waals surface area contributed by atoms with Gasteiger partial charge in [0.25, 0.3) is 0 Å². The van der Waals surface area contributed by atoms with Crippen molar-refractivity contribution in [3.63, 3.8) is 0 Å². The zero-order valence-electron chi connectivity index (χ0n) is 28.6. The first kappa shape index (κ1) is 34.7. The molecule has 258 valence electrons. The number of carbonyl (C=O) groups excluding carboxylic acids is 2. The number of tetrazole rings is 1. The Morgan fingerprint density at radius 2 is 1.69 bits per heavy atom. The summed E-state index contributed by atoms with van der Waals surface area (Å²) in [5.74, 6) is 1.73. The molecule has 0 saturated heterocycles. The van der Waals surface area contributed by atoms with Crippen molar-refractivity contribution in [2.24, 2.45) is 5.92 Å². The minimum atomic E-state index is -0.775. The van der Waals surface area contributed by atoms with Crippen LogP contribution in [0.5, 0.6) is 23.0 Å². The quantitative estimate of drug-likeness (QED) is 0.166. The standard InChI is InChI=1S/C35H41N7O7/c1-18(2)14-27(35(45)37-21-9-13-29(46-4)24(16-21)34-39-41-42-40-34)38-26-12-10-22-23(17-28(26)44)25(36-19(3)43)11-8-20-15-30(47-5)32(48-6)33(49-7)31(20)22/h9-10,12-13,15-18,25,27H,8,11,14H2,1-7H3,(H,36,43)(H,37,45)(H,38,44)(H,39,40,41,42). The van der Waals surface area contributed by atoms with Crippen LogP contribution < -0.4 is 40.3 Å². The first-order chi connectivity index (χ1) is 23.6. The van der Waals surface area contributed by atoms with E-state index in [1.165, 1.54) is 27.2 Å². The van der Waals surface area contributed by atoms with E-state index < -0.39 is 12.1 Å². The Bertz CT molecular complexity index is 1900. The predicted molar refractivity (Wildman–Crippen MR) is 184 cm³/mol. The summed E-state index contributed by atoms with van der Waals surface area (Å²) in [7, 11) is 6.16. The van der Waals surface area contributed by atoms with Gasteiger partial charge in [0.2, 0.25) is 28.8 Å². The van der Waals surface area contributed by atoms with Gasteiger partial charge in [-0.3, -0.25) is 14.4 Å². The maximum Gasteiger partial charge on any atom is 0.246 e. The highest BCUT2D eigenvalue weighted by Gasteiger charge is 2.30. The fourth-order valence-electron chi connectivity index (χ4n) is 6.18. The van der Waals surface area contributed by atoms with Crippen LogP contribution in [-0.2, 0) is 16.0 Å². The van der Waals surface area contributed by atoms with Crippen LogP contribution in [0.4, 0.5) is 11.4 Å². The van der Waals surface area contributed by atoms with Crippen molar-refractivity contribution in [3.05, 3.63) is 63.8 Å². The molecule has 1 aliphatic rings. The largest absolute Gasteiger partial charge is 0.496 e. The summed E-state index contributed by atoms with van der Waals surface area (Å²) in [4.78, 5) is 40.1. The van der Waals surface area contributed by atoms with Gasteiger partial charge in [0.1, 0.15) is 11.8 Å². The average Bonchev–Trinajstić information content (AvgIpc) is 3.52. The first-order valence-electron chi connectivity index (χ1n) is 15.8. The number of rotatable bonds is 12. The summed E-state index contributed by atoms with van der Waals surface area (Å²) in [6.07, 6.45) is 1.53. The van der Waals surface area contributed by atoms with Crippen LogP contribution in [0.1, 0.15) is 50.8 Å². The van der Waals surface area contributed by atoms with E-state index in [1.54, 1.807) is 38.5 Å². The Kier molecular flexibility index (Phi) is 10.6. The first-order valence-corrected chi connectivity index (χ1v) is 15.8. The lowest BCUT2D eigenvalue weighted by atomic mass is 9.95. The molecular formula is C35H41N7O7. The molecule has 1 aliphatic carbocycles. The van der Waals surface area contributed by atoms with E-state index in [1.807, 2.05) is 26.0 Å². The highest BCUT2D eigenvalue weighted by atomic mass is 16.5. The molecule has 0 aliphatic heterocycles. The van der Waals surface area contributed by atoms with Crippen molar-refractivity contribution in [1.82, 2.24) is 25.9 Å². The lowest BCUT2D eigenvalue weighted by molar-refractivity contribution is -0.120. The molecule has 0 spiro atoms. The number of hydrogen-bond acceptors (Lipinski definition) is 11. The molecular weight excluding hydrogens is 630 g/mol. The van der Waals surface area contributed by atoms with Crippen LogP contribution in [-0.4, -0.2) is 66.9 Å². The van der Waals surface area contributed by atoms with Crippen LogP contribution in [0.2, 0.25) is 0 Å². The second-order valence-corrected chi connectivity index (χ2v) is 12.1. The number of methoxy groups -OCH3 is 4. The van der Waals surface area contributed by atoms with Crippen LogP contribution in [0, 0.1) is 5.92 Å². The topological polar surface area (TPSA) is 179 Å². The van der Waals surface area contributed by atoms with Gasteiger partial charge in [-0.25, -0.2) is 0 Å². The van der Waals surface area contributed by atoms with Gasteiger partial charge in [0, 0.05) is 18.2 Å². The molecule has 4 aromatic rings. The van der Waals surface area contributed by atoms with Crippen molar-refractivity contribution < 1.29 is 28.5 Å². The van der Waals surface area contributed by atoms with Crippen LogP contribution in [0.3, 0.4) is 0 Å². The van der Waals surface area contributed by atoms with Crippen molar-refractivity contribution in [2.75, 3.05) is 39.1 Å². The van der Waals surface area contributed by atoms with Crippen molar-refractivity contribution in [2.45, 2.75) is 52.1 Å². The molecule has 3 aromatic carbocycles. The average molecular weight is 672 g/mol. The molecule has 0 radical (unpaired) electrons. The molecule has 1 aromatic heterocycles. The van der Waals surface area contributed by atoms with Crippen molar-refractivity contribution >= 4 is 23.2 Å². The van der Waals surface area contributed by atoms with Gasteiger partial charge in [-0.15, -0.1) is 10.2 Å². The number of hydrogen-bond donors (Lipinski definition) is 4. The van der Waals surface area contributed by atoms with Crippen molar-refractivity contribution in [1.29, 1.82) is 0 Å². The molecule has 5 rings (SSSR count). The number of anilines is 2. The van der Waals surface area contributed by atoms with Crippen LogP contribution in [0.15, 0.2) is 47.3 Å². The monoisotopic (exact) mass is 671 g/mol. The van der Waals surface area contributed by atoms with Gasteiger partial charge in [-0.2, -0.15) is 5.21 Å². The van der Waals surface area contributed by atoms with E-state index in [4.69, 9.17) is 18.9 Å². The Morgan fingerprint density at radius 3 is 2.33 bits per heavy atom. The van der Waals surface area contributed by atoms with Gasteiger partial charge < -0.3 is 34.9 Å². The fourth-order valence-corrected chi connectivity index (χ4v) is 6.18. The van der Waals surface area contributed by atoms with Crippen LogP contribution >= 0.6 is 0 Å². The van der Waals surface area contributed by atoms with Crippen LogP contribution in [0.25, 0.3) is 22.5 Å². The van der Waals surface area contributed by atoms with E-state index in [-0.39, 0.29) is 28.8 Å². The molecule has 2 unspecified atom stereocenters. The number of amides is 2. The summed E-state index contributed by atoms with van der Waals surface area (Å²) >= 11 is 0. The zero-order valence-corrected chi connectivity index (χ0v) is 28.6. The molecule has 2 amide bonds. The number of ether oxygens (including phenoxy) is 4. The number of aromatic amines is 1. The number of benzene rings is 2. The number of nitrogens with zero attached hydrogens (tertiary/aromatic N) is 3. The smallest absolute Gasteiger partial charge is 0.246 e. The summed E-state index contributed by atoms with van der Waals surface area (Å²) in [5.41, 5.74) is 3.86. The second kappa shape index (κ2) is 15.0. The van der Waals surface area contributed by atoms with Gasteiger partial charge >= 0.3 is 0 Å². The number of aryl methyl sites for hydroxylation is 1. The molecule has 0 fully saturated rings. The van der Waals surface area contributed by atoms with Gasteiger partial charge in [0.15, 0.2) is 11.5 Å². The minimum absolute atomic E-state index is 0.112. The molecule has 4 N–H and O–H groups in total. The van der Waals surface area contributed by atoms with E-state index >= 15 is 0 Å². The summed E-state index contributed by atoms with van der Waals surface area (Å²) in [6.45, 7) is 5.44. The van der Waals surface area contributed by atoms with Gasteiger partial charge in [-0.05, 0) is 83.5 Å². The van der Waals surface area contributed by atoms with E-state index in [0.29, 0.717) is 70.5 Å². The summed E-state index contributed by atoms with van der Waals surface area (Å²) in [5, 5.41) is 23.3. The molecule has 2 atom stereocenters. The molecule has 14 heteroatoms. The SMILES string of the molecule is COc1ccc(NC(=O)C(CC(C)C)Nc2ccc3c(cc2=O)C(NC(C)=O)CCc2cc(OC)c(OC)c(OC)c2-3)cc1-c1nn[nH]n1. The number of aromatic nitrogens is 4. The lowest BCUT2D eigenvalue weighted by Gasteiger charge is -2.21. The number of H-pyrrole nitrogens is 1. The number of carbonyl (C=O) groups is 2. The second-order valence-electron chi connectivity index (χ2n) is 12.1. The third-order valence-electron chi connectivity index (χ3n) is 8.32. The molecule has 49 heavy (non-hydrogen) atoms.